The van der Waals surface area contributed by atoms with Crippen LogP contribution in [0.3, 0.4) is 0 Å². The zero-order valence-electron chi connectivity index (χ0n) is 10.9. The molecule has 0 bridgehead atoms. The van der Waals surface area contributed by atoms with E-state index in [9.17, 15) is 12.8 Å². The smallest absolute Gasteiger partial charge is 0.243 e. The van der Waals surface area contributed by atoms with E-state index in [4.69, 9.17) is 4.74 Å². The monoisotopic (exact) mass is 287 g/mol. The second-order valence-corrected chi connectivity index (χ2v) is 6.73. The highest BCUT2D eigenvalue weighted by Crippen LogP contribution is 2.48. The van der Waals surface area contributed by atoms with Gasteiger partial charge in [0.15, 0.2) is 0 Å². The van der Waals surface area contributed by atoms with Gasteiger partial charge in [-0.25, -0.2) is 17.5 Å². The average molecular weight is 287 g/mol. The molecule has 0 unspecified atom stereocenters. The van der Waals surface area contributed by atoms with Gasteiger partial charge in [0.2, 0.25) is 10.0 Å². The summed E-state index contributed by atoms with van der Waals surface area (Å²) >= 11 is 0. The first kappa shape index (κ1) is 14.4. The van der Waals surface area contributed by atoms with Gasteiger partial charge in [-0.3, -0.25) is 0 Å². The molecule has 0 aromatic heterocycles. The Morgan fingerprint density at radius 3 is 2.63 bits per heavy atom. The highest BCUT2D eigenvalue weighted by molar-refractivity contribution is 7.89. The van der Waals surface area contributed by atoms with Crippen molar-refractivity contribution in [3.05, 3.63) is 30.1 Å². The third-order valence-electron chi connectivity index (χ3n) is 3.56. The van der Waals surface area contributed by atoms with Crippen LogP contribution in [0.5, 0.6) is 0 Å². The number of hydrogen-bond acceptors (Lipinski definition) is 3. The topological polar surface area (TPSA) is 55.4 Å². The summed E-state index contributed by atoms with van der Waals surface area (Å²) in [5.41, 5.74) is -0.00562. The van der Waals surface area contributed by atoms with Crippen LogP contribution in [0.2, 0.25) is 0 Å². The van der Waals surface area contributed by atoms with E-state index < -0.39 is 15.8 Å². The third kappa shape index (κ3) is 3.52. The number of ether oxygens (including phenoxy) is 1. The quantitative estimate of drug-likeness (QED) is 0.833. The molecule has 1 aromatic rings. The number of halogens is 1. The molecule has 0 amide bonds. The van der Waals surface area contributed by atoms with Crippen LogP contribution in [0, 0.1) is 11.2 Å². The predicted octanol–water partition coefficient (Wildman–Crippen LogP) is 1.92. The normalized spacial score (nSPS) is 17.4. The summed E-state index contributed by atoms with van der Waals surface area (Å²) < 4.78 is 45.0. The van der Waals surface area contributed by atoms with E-state index in [1.54, 1.807) is 7.11 Å². The van der Waals surface area contributed by atoms with Gasteiger partial charge in [-0.15, -0.1) is 0 Å². The summed E-state index contributed by atoms with van der Waals surface area (Å²) in [5, 5.41) is 0. The van der Waals surface area contributed by atoms with Crippen molar-refractivity contribution >= 4 is 10.0 Å². The SMILES string of the molecule is COCCC1(CNS(=O)(=O)c2ccccc2F)CC1. The van der Waals surface area contributed by atoms with Gasteiger partial charge in [-0.05, 0) is 36.8 Å². The van der Waals surface area contributed by atoms with Gasteiger partial charge in [0.05, 0.1) is 0 Å². The Hall–Kier alpha value is -0.980. The number of nitrogens with one attached hydrogen (secondary N) is 1. The molecule has 19 heavy (non-hydrogen) atoms. The molecule has 1 aliphatic carbocycles. The first-order chi connectivity index (χ1) is 8.99. The summed E-state index contributed by atoms with van der Waals surface area (Å²) in [6.07, 6.45) is 2.79. The standard InChI is InChI=1S/C13H18FNO3S/c1-18-9-8-13(6-7-13)10-15-19(16,17)12-5-3-2-4-11(12)14/h2-5,15H,6-10H2,1H3. The van der Waals surface area contributed by atoms with Crippen molar-refractivity contribution in [3.8, 4) is 0 Å². The zero-order valence-corrected chi connectivity index (χ0v) is 11.7. The second kappa shape index (κ2) is 5.56. The molecule has 106 valence electrons. The van der Waals surface area contributed by atoms with Crippen molar-refractivity contribution in [1.29, 1.82) is 0 Å². The number of methoxy groups -OCH3 is 1. The van der Waals surface area contributed by atoms with Gasteiger partial charge in [0.1, 0.15) is 10.7 Å². The van der Waals surface area contributed by atoms with Gasteiger partial charge in [0.25, 0.3) is 0 Å². The van der Waals surface area contributed by atoms with E-state index in [0.29, 0.717) is 13.2 Å². The van der Waals surface area contributed by atoms with Crippen molar-refractivity contribution in [2.75, 3.05) is 20.3 Å². The van der Waals surface area contributed by atoms with Gasteiger partial charge in [0, 0.05) is 20.3 Å². The fourth-order valence-corrected chi connectivity index (χ4v) is 3.23. The Morgan fingerprint density at radius 2 is 2.05 bits per heavy atom. The summed E-state index contributed by atoms with van der Waals surface area (Å²) in [4.78, 5) is -0.294. The lowest BCUT2D eigenvalue weighted by Crippen LogP contribution is -2.31. The van der Waals surface area contributed by atoms with Gasteiger partial charge in [-0.1, -0.05) is 12.1 Å². The first-order valence-corrected chi connectivity index (χ1v) is 7.71. The lowest BCUT2D eigenvalue weighted by atomic mass is 10.0. The molecule has 1 fully saturated rings. The average Bonchev–Trinajstić information content (AvgIpc) is 3.15. The lowest BCUT2D eigenvalue weighted by molar-refractivity contribution is 0.173. The number of hydrogen-bond donors (Lipinski definition) is 1. The molecule has 6 heteroatoms. The molecule has 1 saturated carbocycles. The molecule has 0 heterocycles. The van der Waals surface area contributed by atoms with E-state index in [1.807, 2.05) is 0 Å². The van der Waals surface area contributed by atoms with Gasteiger partial charge < -0.3 is 4.74 Å². The van der Waals surface area contributed by atoms with Gasteiger partial charge >= 0.3 is 0 Å². The van der Waals surface area contributed by atoms with E-state index in [1.165, 1.54) is 18.2 Å². The Kier molecular flexibility index (Phi) is 4.23. The molecule has 0 atom stereocenters. The Morgan fingerprint density at radius 1 is 1.37 bits per heavy atom. The van der Waals surface area contributed by atoms with Crippen LogP contribution in [-0.2, 0) is 14.8 Å². The molecule has 1 N–H and O–H groups in total. The molecule has 1 aromatic carbocycles. The fourth-order valence-electron chi connectivity index (χ4n) is 2.00. The van der Waals surface area contributed by atoms with Crippen LogP contribution in [0.4, 0.5) is 4.39 Å². The molecule has 0 spiro atoms. The molecular weight excluding hydrogens is 269 g/mol. The van der Waals surface area contributed by atoms with E-state index in [0.717, 1.165) is 25.3 Å². The summed E-state index contributed by atoms with van der Waals surface area (Å²) in [6.45, 7) is 0.953. The van der Waals surface area contributed by atoms with Crippen LogP contribution < -0.4 is 4.72 Å². The minimum absolute atomic E-state index is 0.00562. The number of rotatable bonds is 7. The second-order valence-electron chi connectivity index (χ2n) is 5.00. The van der Waals surface area contributed by atoms with Gasteiger partial charge in [-0.2, -0.15) is 0 Å². The first-order valence-electron chi connectivity index (χ1n) is 6.22. The van der Waals surface area contributed by atoms with Crippen molar-refractivity contribution < 1.29 is 17.5 Å². The van der Waals surface area contributed by atoms with Crippen molar-refractivity contribution in [1.82, 2.24) is 4.72 Å². The maximum Gasteiger partial charge on any atom is 0.243 e. The zero-order chi connectivity index (χ0) is 13.9. The van der Waals surface area contributed by atoms with Crippen molar-refractivity contribution in [2.45, 2.75) is 24.2 Å². The molecular formula is C13H18FNO3S. The fraction of sp³-hybridized carbons (Fsp3) is 0.538. The highest BCUT2D eigenvalue weighted by Gasteiger charge is 2.42. The molecule has 2 rings (SSSR count). The predicted molar refractivity (Wildman–Crippen MR) is 69.7 cm³/mol. The van der Waals surface area contributed by atoms with Crippen LogP contribution >= 0.6 is 0 Å². The molecule has 0 radical (unpaired) electrons. The maximum absolute atomic E-state index is 13.5. The Balaban J connectivity index is 2.01. The third-order valence-corrected chi connectivity index (χ3v) is 4.99. The number of benzene rings is 1. The summed E-state index contributed by atoms with van der Waals surface area (Å²) in [6, 6.07) is 5.39. The highest BCUT2D eigenvalue weighted by atomic mass is 32.2. The molecule has 0 saturated heterocycles. The molecule has 0 aliphatic heterocycles. The van der Waals surface area contributed by atoms with Crippen LogP contribution in [0.1, 0.15) is 19.3 Å². The maximum atomic E-state index is 13.5. The minimum atomic E-state index is -3.77. The van der Waals surface area contributed by atoms with Crippen LogP contribution in [0.15, 0.2) is 29.2 Å². The van der Waals surface area contributed by atoms with E-state index in [-0.39, 0.29) is 10.3 Å². The number of sulfonamides is 1. The van der Waals surface area contributed by atoms with Crippen LogP contribution in [-0.4, -0.2) is 28.7 Å². The summed E-state index contributed by atoms with van der Waals surface area (Å²) in [5.74, 6) is -0.725. The van der Waals surface area contributed by atoms with Crippen molar-refractivity contribution in [2.24, 2.45) is 5.41 Å². The largest absolute Gasteiger partial charge is 0.385 e. The van der Waals surface area contributed by atoms with E-state index in [2.05, 4.69) is 4.72 Å². The van der Waals surface area contributed by atoms with Crippen LogP contribution in [0.25, 0.3) is 0 Å². The molecule has 1 aliphatic rings. The molecule has 4 nitrogen and oxygen atoms in total. The van der Waals surface area contributed by atoms with E-state index >= 15 is 0 Å². The van der Waals surface area contributed by atoms with Crippen molar-refractivity contribution in [3.63, 3.8) is 0 Å². The summed E-state index contributed by atoms with van der Waals surface area (Å²) in [7, 11) is -2.15. The Bertz CT molecular complexity index is 541. The minimum Gasteiger partial charge on any atom is -0.385 e. The Labute approximate surface area is 113 Å². The lowest BCUT2D eigenvalue weighted by Gasteiger charge is -2.15.